The van der Waals surface area contributed by atoms with Crippen molar-refractivity contribution in [2.75, 3.05) is 5.32 Å². The number of benzene rings is 3. The van der Waals surface area contributed by atoms with E-state index in [2.05, 4.69) is 26.2 Å². The van der Waals surface area contributed by atoms with Crippen LogP contribution < -0.4 is 20.2 Å². The fraction of sp³-hybridized carbons (Fsp3) is 0.0645. The van der Waals surface area contributed by atoms with E-state index in [0.717, 1.165) is 10.0 Å². The van der Waals surface area contributed by atoms with E-state index >= 15 is 0 Å². The summed E-state index contributed by atoms with van der Waals surface area (Å²) in [6.45, 7) is 1.74. The number of para-hydroxylation sites is 1. The maximum Gasteiger partial charge on any atom is 0.271 e. The van der Waals surface area contributed by atoms with Gasteiger partial charge in [-0.2, -0.15) is 0 Å². The van der Waals surface area contributed by atoms with E-state index in [1.165, 1.54) is 28.0 Å². The van der Waals surface area contributed by atoms with Crippen LogP contribution in [0.4, 0.5) is 10.1 Å². The molecule has 0 radical (unpaired) electrons. The first-order valence-corrected chi connectivity index (χ1v) is 14.0. The molecular formula is C31H21BrFN3O3S. The Kier molecular flexibility index (Phi) is 6.91. The summed E-state index contributed by atoms with van der Waals surface area (Å²) in [5, 5.41) is 2.90. The number of amides is 1. The molecule has 1 aliphatic rings. The minimum absolute atomic E-state index is 0.310. The summed E-state index contributed by atoms with van der Waals surface area (Å²) in [6.07, 6.45) is 1.68. The number of hydrogen-bond donors (Lipinski definition) is 1. The maximum absolute atomic E-state index is 13.8. The lowest BCUT2D eigenvalue weighted by atomic mass is 9.95. The number of furan rings is 1. The van der Waals surface area contributed by atoms with Crippen molar-refractivity contribution in [2.45, 2.75) is 13.0 Å². The highest BCUT2D eigenvalue weighted by atomic mass is 79.9. The highest BCUT2D eigenvalue weighted by Gasteiger charge is 2.32. The molecule has 3 heterocycles. The number of rotatable bonds is 5. The van der Waals surface area contributed by atoms with Gasteiger partial charge in [-0.25, -0.2) is 9.38 Å². The van der Waals surface area contributed by atoms with Gasteiger partial charge in [-0.05, 0) is 61.0 Å². The molecule has 1 amide bonds. The van der Waals surface area contributed by atoms with E-state index in [9.17, 15) is 14.0 Å². The normalized spacial score (nSPS) is 15.1. The minimum Gasteiger partial charge on any atom is -0.457 e. The molecule has 0 bridgehead atoms. The molecule has 1 aliphatic heterocycles. The summed E-state index contributed by atoms with van der Waals surface area (Å²) in [4.78, 5) is 32.5. The Morgan fingerprint density at radius 2 is 1.82 bits per heavy atom. The number of fused-ring (bicyclic) bond motifs is 1. The zero-order valence-electron chi connectivity index (χ0n) is 21.1. The third kappa shape index (κ3) is 5.01. The van der Waals surface area contributed by atoms with E-state index in [1.54, 1.807) is 43.3 Å². The molecule has 0 aliphatic carbocycles. The Balaban J connectivity index is 1.45. The van der Waals surface area contributed by atoms with Gasteiger partial charge in [-0.1, -0.05) is 69.7 Å². The van der Waals surface area contributed by atoms with Crippen molar-refractivity contribution in [1.29, 1.82) is 0 Å². The Labute approximate surface area is 240 Å². The van der Waals surface area contributed by atoms with Crippen molar-refractivity contribution < 1.29 is 13.6 Å². The number of aromatic nitrogens is 1. The third-order valence-corrected chi connectivity index (χ3v) is 7.97. The number of nitrogens with one attached hydrogen (secondary N) is 1. The number of anilines is 1. The SMILES string of the molecule is CC1=C(C(=O)Nc2ccccc2)C(c2ccc(F)cc2)n2c(s/c(=C/c3ccc(-c4cccc(Br)c4)o3)c2=O)=N1. The van der Waals surface area contributed by atoms with E-state index in [1.807, 2.05) is 48.5 Å². The highest BCUT2D eigenvalue weighted by Crippen LogP contribution is 2.31. The van der Waals surface area contributed by atoms with Crippen LogP contribution in [0.1, 0.15) is 24.3 Å². The zero-order valence-corrected chi connectivity index (χ0v) is 23.5. The standard InChI is InChI=1S/C31H21BrFN3O3S/c1-18-27(29(37)35-23-8-3-2-4-9-23)28(19-10-12-22(33)13-11-19)36-30(38)26(40-31(36)34-18)17-24-14-15-25(39-24)20-6-5-7-21(32)16-20/h2-17,28H,1H3,(H,35,37)/b26-17+. The average molecular weight is 614 g/mol. The number of halogens is 2. The number of allylic oxidation sites excluding steroid dienone is 1. The van der Waals surface area contributed by atoms with Crippen LogP contribution in [-0.2, 0) is 4.79 Å². The molecule has 0 fully saturated rings. The minimum atomic E-state index is -0.795. The number of thiazole rings is 1. The molecular weight excluding hydrogens is 593 g/mol. The molecule has 1 unspecified atom stereocenters. The lowest BCUT2D eigenvalue weighted by Gasteiger charge is -2.25. The second-order valence-electron chi connectivity index (χ2n) is 9.17. The van der Waals surface area contributed by atoms with Crippen molar-refractivity contribution in [1.82, 2.24) is 4.57 Å². The molecule has 1 atom stereocenters. The Morgan fingerprint density at radius 1 is 1.05 bits per heavy atom. The van der Waals surface area contributed by atoms with Crippen LogP contribution in [0.15, 0.2) is 121 Å². The van der Waals surface area contributed by atoms with Gasteiger partial charge in [-0.3, -0.25) is 14.2 Å². The van der Waals surface area contributed by atoms with Gasteiger partial charge in [0.25, 0.3) is 11.5 Å². The summed E-state index contributed by atoms with van der Waals surface area (Å²) in [6, 6.07) is 25.5. The molecule has 40 heavy (non-hydrogen) atoms. The second kappa shape index (κ2) is 10.7. The summed E-state index contributed by atoms with van der Waals surface area (Å²) in [5.74, 6) is 0.378. The average Bonchev–Trinajstić information content (AvgIpc) is 3.53. The van der Waals surface area contributed by atoms with Crippen LogP contribution in [0.5, 0.6) is 0 Å². The van der Waals surface area contributed by atoms with Gasteiger partial charge in [-0.15, -0.1) is 0 Å². The molecule has 6 nitrogen and oxygen atoms in total. The van der Waals surface area contributed by atoms with Crippen LogP contribution in [0.2, 0.25) is 0 Å². The van der Waals surface area contributed by atoms with Crippen LogP contribution in [-0.4, -0.2) is 10.5 Å². The van der Waals surface area contributed by atoms with Crippen LogP contribution in [0, 0.1) is 5.82 Å². The summed E-state index contributed by atoms with van der Waals surface area (Å²) < 4.78 is 22.7. The molecule has 2 aromatic heterocycles. The summed E-state index contributed by atoms with van der Waals surface area (Å²) >= 11 is 4.68. The molecule has 3 aromatic carbocycles. The third-order valence-electron chi connectivity index (χ3n) is 6.49. The first kappa shape index (κ1) is 25.9. The lowest BCUT2D eigenvalue weighted by molar-refractivity contribution is -0.113. The van der Waals surface area contributed by atoms with E-state index in [4.69, 9.17) is 4.42 Å². The molecule has 0 saturated heterocycles. The molecule has 1 N–H and O–H groups in total. The lowest BCUT2D eigenvalue weighted by Crippen LogP contribution is -2.40. The van der Waals surface area contributed by atoms with Gasteiger partial charge in [0, 0.05) is 21.8 Å². The number of hydrogen-bond acceptors (Lipinski definition) is 5. The number of carbonyl (C=O) groups is 1. The van der Waals surface area contributed by atoms with Gasteiger partial charge in [0.15, 0.2) is 4.80 Å². The maximum atomic E-state index is 13.8. The van der Waals surface area contributed by atoms with Crippen LogP contribution in [0.3, 0.4) is 0 Å². The van der Waals surface area contributed by atoms with Gasteiger partial charge in [0.05, 0.1) is 21.8 Å². The Morgan fingerprint density at radius 3 is 2.58 bits per heavy atom. The molecule has 198 valence electrons. The molecule has 5 aromatic rings. The van der Waals surface area contributed by atoms with E-state index in [-0.39, 0.29) is 11.5 Å². The van der Waals surface area contributed by atoms with Gasteiger partial charge < -0.3 is 9.73 Å². The molecule has 9 heteroatoms. The van der Waals surface area contributed by atoms with Gasteiger partial charge in [0.1, 0.15) is 17.3 Å². The quantitative estimate of drug-likeness (QED) is 0.263. The van der Waals surface area contributed by atoms with Crippen molar-refractivity contribution >= 4 is 44.9 Å². The Bertz CT molecular complexity index is 1960. The predicted octanol–water partition coefficient (Wildman–Crippen LogP) is 6.04. The predicted molar refractivity (Wildman–Crippen MR) is 157 cm³/mol. The van der Waals surface area contributed by atoms with E-state index < -0.39 is 11.9 Å². The summed E-state index contributed by atoms with van der Waals surface area (Å²) in [5.41, 5.74) is 2.57. The van der Waals surface area contributed by atoms with Crippen molar-refractivity contribution in [3.8, 4) is 11.3 Å². The largest absolute Gasteiger partial charge is 0.457 e. The number of carbonyl (C=O) groups excluding carboxylic acids is 1. The molecule has 6 rings (SSSR count). The Hall–Kier alpha value is -4.34. The van der Waals surface area contributed by atoms with Crippen molar-refractivity contribution in [2.24, 2.45) is 4.99 Å². The molecule has 0 spiro atoms. The first-order chi connectivity index (χ1) is 19.4. The first-order valence-electron chi connectivity index (χ1n) is 12.4. The highest BCUT2D eigenvalue weighted by molar-refractivity contribution is 9.10. The van der Waals surface area contributed by atoms with Crippen LogP contribution >= 0.6 is 27.3 Å². The number of nitrogens with zero attached hydrogens (tertiary/aromatic N) is 2. The van der Waals surface area contributed by atoms with Crippen molar-refractivity contribution in [3.63, 3.8) is 0 Å². The zero-order chi connectivity index (χ0) is 27.8. The molecule has 0 saturated carbocycles. The topological polar surface area (TPSA) is 76.6 Å². The monoisotopic (exact) mass is 613 g/mol. The van der Waals surface area contributed by atoms with Gasteiger partial charge in [0.2, 0.25) is 0 Å². The fourth-order valence-electron chi connectivity index (χ4n) is 4.65. The van der Waals surface area contributed by atoms with Crippen molar-refractivity contribution in [3.05, 3.63) is 144 Å². The van der Waals surface area contributed by atoms with E-state index in [0.29, 0.717) is 43.4 Å². The van der Waals surface area contributed by atoms with Gasteiger partial charge >= 0.3 is 0 Å². The second-order valence-corrected chi connectivity index (χ2v) is 11.1. The summed E-state index contributed by atoms with van der Waals surface area (Å²) in [7, 11) is 0. The smallest absolute Gasteiger partial charge is 0.271 e. The van der Waals surface area contributed by atoms with Crippen LogP contribution in [0.25, 0.3) is 17.4 Å². The fourth-order valence-corrected chi connectivity index (χ4v) is 6.07.